The van der Waals surface area contributed by atoms with Crippen molar-refractivity contribution in [1.29, 1.82) is 0 Å². The van der Waals surface area contributed by atoms with Crippen molar-refractivity contribution in [2.75, 3.05) is 70.3 Å². The first-order valence-electron chi connectivity index (χ1n) is 11.1. The zero-order valence-electron chi connectivity index (χ0n) is 19.3. The quantitative estimate of drug-likeness (QED) is 0.643. The second-order valence-electron chi connectivity index (χ2n) is 8.36. The SMILES string of the molecule is COc1ccc(C2=C(N3CCN(CCO)CC3)C(=O)N(c3cccc(N(C)C)c3)C2=O)cc1. The van der Waals surface area contributed by atoms with Gasteiger partial charge in [0.15, 0.2) is 0 Å². The molecule has 2 aromatic carbocycles. The van der Waals surface area contributed by atoms with Gasteiger partial charge in [-0.25, -0.2) is 4.90 Å². The lowest BCUT2D eigenvalue weighted by Gasteiger charge is -2.36. The van der Waals surface area contributed by atoms with Crippen molar-refractivity contribution in [3.8, 4) is 5.75 Å². The highest BCUT2D eigenvalue weighted by Gasteiger charge is 2.43. The van der Waals surface area contributed by atoms with Crippen LogP contribution in [-0.4, -0.2) is 87.3 Å². The molecule has 2 amide bonds. The monoisotopic (exact) mass is 450 g/mol. The molecule has 0 spiro atoms. The van der Waals surface area contributed by atoms with Crippen molar-refractivity contribution in [3.63, 3.8) is 0 Å². The minimum absolute atomic E-state index is 0.104. The van der Waals surface area contributed by atoms with Gasteiger partial charge in [0.2, 0.25) is 0 Å². The van der Waals surface area contributed by atoms with Crippen LogP contribution >= 0.6 is 0 Å². The fourth-order valence-electron chi connectivity index (χ4n) is 4.31. The van der Waals surface area contributed by atoms with Crippen LogP contribution in [0, 0.1) is 0 Å². The first-order chi connectivity index (χ1) is 15.9. The Morgan fingerprint density at radius 2 is 1.67 bits per heavy atom. The Morgan fingerprint density at radius 3 is 2.27 bits per heavy atom. The van der Waals surface area contributed by atoms with Gasteiger partial charge in [0.25, 0.3) is 11.8 Å². The zero-order valence-corrected chi connectivity index (χ0v) is 19.3. The van der Waals surface area contributed by atoms with E-state index in [0.29, 0.717) is 47.9 Å². The normalized spacial score (nSPS) is 17.2. The van der Waals surface area contributed by atoms with E-state index in [1.165, 1.54) is 4.90 Å². The summed E-state index contributed by atoms with van der Waals surface area (Å²) in [4.78, 5) is 34.8. The summed E-state index contributed by atoms with van der Waals surface area (Å²) in [5.74, 6) is 0.0528. The molecular weight excluding hydrogens is 420 g/mol. The number of aliphatic hydroxyl groups is 1. The van der Waals surface area contributed by atoms with Crippen molar-refractivity contribution in [3.05, 3.63) is 59.8 Å². The molecule has 1 saturated heterocycles. The van der Waals surface area contributed by atoms with Gasteiger partial charge in [0.05, 0.1) is 25.0 Å². The molecule has 0 atom stereocenters. The lowest BCUT2D eigenvalue weighted by molar-refractivity contribution is -0.120. The lowest BCUT2D eigenvalue weighted by atomic mass is 10.0. The van der Waals surface area contributed by atoms with Gasteiger partial charge in [-0.05, 0) is 35.9 Å². The van der Waals surface area contributed by atoms with E-state index in [4.69, 9.17) is 4.74 Å². The molecule has 8 nitrogen and oxygen atoms in total. The summed E-state index contributed by atoms with van der Waals surface area (Å²) < 4.78 is 5.26. The molecule has 8 heteroatoms. The maximum Gasteiger partial charge on any atom is 0.282 e. The van der Waals surface area contributed by atoms with Gasteiger partial charge in [-0.3, -0.25) is 14.5 Å². The van der Waals surface area contributed by atoms with E-state index in [-0.39, 0.29) is 18.4 Å². The first kappa shape index (κ1) is 22.8. The van der Waals surface area contributed by atoms with E-state index in [2.05, 4.69) is 4.90 Å². The van der Waals surface area contributed by atoms with Crippen LogP contribution in [0.2, 0.25) is 0 Å². The Labute approximate surface area is 194 Å². The number of hydrogen-bond acceptors (Lipinski definition) is 7. The average Bonchev–Trinajstić information content (AvgIpc) is 3.09. The minimum Gasteiger partial charge on any atom is -0.497 e. The number of β-amino-alcohol motifs (C(OH)–C–C–N with tert-alkyl or cyclic N) is 1. The van der Waals surface area contributed by atoms with Crippen molar-refractivity contribution in [2.24, 2.45) is 0 Å². The number of carbonyl (C=O) groups is 2. The molecule has 1 fully saturated rings. The predicted octanol–water partition coefficient (Wildman–Crippen LogP) is 1.66. The maximum absolute atomic E-state index is 13.7. The molecule has 0 saturated carbocycles. The Balaban J connectivity index is 1.74. The second kappa shape index (κ2) is 9.64. The number of nitrogens with zero attached hydrogens (tertiary/aromatic N) is 4. The lowest BCUT2D eigenvalue weighted by Crippen LogP contribution is -2.48. The van der Waals surface area contributed by atoms with E-state index in [1.807, 2.05) is 54.2 Å². The number of imide groups is 1. The van der Waals surface area contributed by atoms with Crippen molar-refractivity contribution in [1.82, 2.24) is 9.80 Å². The summed E-state index contributed by atoms with van der Waals surface area (Å²) in [5.41, 5.74) is 2.99. The predicted molar refractivity (Wildman–Crippen MR) is 128 cm³/mol. The third kappa shape index (κ3) is 4.44. The summed E-state index contributed by atoms with van der Waals surface area (Å²) in [6.07, 6.45) is 0. The molecule has 2 aliphatic rings. The van der Waals surface area contributed by atoms with Crippen LogP contribution < -0.4 is 14.5 Å². The summed E-state index contributed by atoms with van der Waals surface area (Å²) in [7, 11) is 5.44. The number of carbonyl (C=O) groups excluding carboxylic acids is 2. The smallest absolute Gasteiger partial charge is 0.282 e. The van der Waals surface area contributed by atoms with E-state index in [0.717, 1.165) is 18.8 Å². The van der Waals surface area contributed by atoms with Crippen LogP contribution in [0.15, 0.2) is 54.2 Å². The van der Waals surface area contributed by atoms with Gasteiger partial charge >= 0.3 is 0 Å². The molecular formula is C25H30N4O4. The van der Waals surface area contributed by atoms with Crippen LogP contribution in [0.5, 0.6) is 5.75 Å². The van der Waals surface area contributed by atoms with E-state index in [9.17, 15) is 14.7 Å². The van der Waals surface area contributed by atoms with E-state index >= 15 is 0 Å². The number of hydrogen-bond donors (Lipinski definition) is 1. The number of methoxy groups -OCH3 is 1. The molecule has 2 aromatic rings. The fourth-order valence-corrected chi connectivity index (χ4v) is 4.31. The summed E-state index contributed by atoms with van der Waals surface area (Å²) in [6.45, 7) is 3.37. The van der Waals surface area contributed by atoms with Gasteiger partial charge in [-0.2, -0.15) is 0 Å². The molecule has 33 heavy (non-hydrogen) atoms. The third-order valence-electron chi connectivity index (χ3n) is 6.15. The molecule has 174 valence electrons. The van der Waals surface area contributed by atoms with Crippen LogP contribution in [0.25, 0.3) is 5.57 Å². The van der Waals surface area contributed by atoms with Crippen molar-refractivity contribution >= 4 is 28.8 Å². The summed E-state index contributed by atoms with van der Waals surface area (Å²) in [6, 6.07) is 14.7. The van der Waals surface area contributed by atoms with E-state index < -0.39 is 0 Å². The number of amides is 2. The van der Waals surface area contributed by atoms with Gasteiger partial charge < -0.3 is 19.6 Å². The summed E-state index contributed by atoms with van der Waals surface area (Å²) in [5, 5.41) is 9.24. The van der Waals surface area contributed by atoms with Crippen LogP contribution in [0.3, 0.4) is 0 Å². The molecule has 0 radical (unpaired) electrons. The maximum atomic E-state index is 13.7. The molecule has 0 unspecified atom stereocenters. The minimum atomic E-state index is -0.325. The average molecular weight is 451 g/mol. The van der Waals surface area contributed by atoms with Gasteiger partial charge in [-0.1, -0.05) is 18.2 Å². The van der Waals surface area contributed by atoms with Crippen molar-refractivity contribution in [2.45, 2.75) is 0 Å². The highest BCUT2D eigenvalue weighted by atomic mass is 16.5. The highest BCUT2D eigenvalue weighted by molar-refractivity contribution is 6.45. The molecule has 2 heterocycles. The number of anilines is 2. The standard InChI is InChI=1S/C25H30N4O4/c1-26(2)19-5-4-6-20(17-19)29-24(31)22(18-7-9-21(33-3)10-8-18)23(25(29)32)28-13-11-27(12-14-28)15-16-30/h4-10,17,30H,11-16H2,1-3H3. The Hall–Kier alpha value is -3.36. The van der Waals surface area contributed by atoms with Crippen LogP contribution in [0.1, 0.15) is 5.56 Å². The Morgan fingerprint density at radius 1 is 0.970 bits per heavy atom. The number of piperazine rings is 1. The molecule has 0 aromatic heterocycles. The molecule has 0 aliphatic carbocycles. The first-order valence-corrected chi connectivity index (χ1v) is 11.1. The van der Waals surface area contributed by atoms with Crippen LogP contribution in [-0.2, 0) is 9.59 Å². The highest BCUT2D eigenvalue weighted by Crippen LogP contribution is 2.36. The number of ether oxygens (including phenoxy) is 1. The van der Waals surface area contributed by atoms with Gasteiger partial charge in [-0.15, -0.1) is 0 Å². The Bertz CT molecular complexity index is 1060. The van der Waals surface area contributed by atoms with Gasteiger partial charge in [0.1, 0.15) is 11.4 Å². The van der Waals surface area contributed by atoms with E-state index in [1.54, 1.807) is 25.3 Å². The fraction of sp³-hybridized carbons (Fsp3) is 0.360. The van der Waals surface area contributed by atoms with Crippen LogP contribution in [0.4, 0.5) is 11.4 Å². The largest absolute Gasteiger partial charge is 0.497 e. The Kier molecular flexibility index (Phi) is 6.67. The summed E-state index contributed by atoms with van der Waals surface area (Å²) >= 11 is 0. The molecule has 4 rings (SSSR count). The second-order valence-corrected chi connectivity index (χ2v) is 8.36. The number of aliphatic hydroxyl groups excluding tert-OH is 1. The van der Waals surface area contributed by atoms with Gasteiger partial charge in [0, 0.05) is 52.5 Å². The molecule has 1 N–H and O–H groups in total. The molecule has 2 aliphatic heterocycles. The molecule has 0 bridgehead atoms. The number of rotatable bonds is 7. The van der Waals surface area contributed by atoms with Crippen molar-refractivity contribution < 1.29 is 19.4 Å². The third-order valence-corrected chi connectivity index (χ3v) is 6.15. The topological polar surface area (TPSA) is 76.6 Å². The number of benzene rings is 2. The zero-order chi connectivity index (χ0) is 23.5.